The van der Waals surface area contributed by atoms with Crippen LogP contribution in [-0.4, -0.2) is 32.0 Å². The lowest BCUT2D eigenvalue weighted by atomic mass is 10.1. The van der Waals surface area contributed by atoms with Crippen molar-refractivity contribution < 1.29 is 14.7 Å². The Hall–Kier alpha value is -2.90. The molecule has 0 radical (unpaired) electrons. The molecular weight excluding hydrogens is 274 g/mol. The SMILES string of the molecule is Cc1cc(NCc2cn(CC(=O)O)nn2)ccc1C(N)=O. The van der Waals surface area contributed by atoms with Gasteiger partial charge < -0.3 is 16.2 Å². The Labute approximate surface area is 120 Å². The number of aliphatic carboxylic acids is 1. The first kappa shape index (κ1) is 14.5. The second-order valence-electron chi connectivity index (χ2n) is 4.55. The Kier molecular flexibility index (Phi) is 4.17. The highest BCUT2D eigenvalue weighted by atomic mass is 16.4. The van der Waals surface area contributed by atoms with E-state index in [4.69, 9.17) is 10.8 Å². The lowest BCUT2D eigenvalue weighted by Gasteiger charge is -2.07. The fourth-order valence-electron chi connectivity index (χ4n) is 1.88. The largest absolute Gasteiger partial charge is 0.480 e. The van der Waals surface area contributed by atoms with Gasteiger partial charge in [-0.05, 0) is 30.7 Å². The van der Waals surface area contributed by atoms with Crippen molar-refractivity contribution in [2.75, 3.05) is 5.32 Å². The second kappa shape index (κ2) is 6.04. The van der Waals surface area contributed by atoms with Crippen molar-refractivity contribution in [3.05, 3.63) is 41.2 Å². The average Bonchev–Trinajstić information content (AvgIpc) is 2.82. The number of carboxylic acid groups (broad SMARTS) is 1. The molecule has 0 saturated carbocycles. The minimum atomic E-state index is -0.975. The van der Waals surface area contributed by atoms with Gasteiger partial charge in [0.05, 0.1) is 12.7 Å². The summed E-state index contributed by atoms with van der Waals surface area (Å²) in [6.07, 6.45) is 1.56. The molecule has 0 spiro atoms. The molecule has 1 heterocycles. The van der Waals surface area contributed by atoms with Crippen LogP contribution in [0.25, 0.3) is 0 Å². The quantitative estimate of drug-likeness (QED) is 0.706. The molecule has 4 N–H and O–H groups in total. The standard InChI is InChI=1S/C13H15N5O3/c1-8-4-9(2-3-11(8)13(14)21)15-5-10-6-18(17-16-10)7-12(19)20/h2-4,6,15H,5,7H2,1H3,(H2,14,21)(H,19,20). The summed E-state index contributed by atoms with van der Waals surface area (Å²) in [6, 6.07) is 5.21. The van der Waals surface area contributed by atoms with Gasteiger partial charge in [0.2, 0.25) is 5.91 Å². The van der Waals surface area contributed by atoms with E-state index >= 15 is 0 Å². The van der Waals surface area contributed by atoms with Crippen LogP contribution in [0.4, 0.5) is 5.69 Å². The van der Waals surface area contributed by atoms with Gasteiger partial charge in [0.15, 0.2) is 0 Å². The molecule has 1 amide bonds. The highest BCUT2D eigenvalue weighted by Gasteiger charge is 2.07. The Bertz CT molecular complexity index is 680. The van der Waals surface area contributed by atoms with E-state index < -0.39 is 11.9 Å². The molecule has 0 unspecified atom stereocenters. The predicted molar refractivity (Wildman–Crippen MR) is 74.7 cm³/mol. The average molecular weight is 289 g/mol. The molecule has 0 aliphatic carbocycles. The molecule has 8 heteroatoms. The van der Waals surface area contributed by atoms with E-state index in [1.54, 1.807) is 25.3 Å². The smallest absolute Gasteiger partial charge is 0.325 e. The van der Waals surface area contributed by atoms with Crippen LogP contribution in [0, 0.1) is 6.92 Å². The van der Waals surface area contributed by atoms with Crippen LogP contribution in [0.15, 0.2) is 24.4 Å². The number of carbonyl (C=O) groups is 2. The summed E-state index contributed by atoms with van der Waals surface area (Å²) in [5.41, 5.74) is 7.93. The van der Waals surface area contributed by atoms with Gasteiger partial charge in [-0.2, -0.15) is 0 Å². The number of nitrogens with two attached hydrogens (primary N) is 1. The van der Waals surface area contributed by atoms with E-state index in [1.807, 2.05) is 6.07 Å². The minimum Gasteiger partial charge on any atom is -0.480 e. The van der Waals surface area contributed by atoms with Gasteiger partial charge in [-0.15, -0.1) is 5.10 Å². The van der Waals surface area contributed by atoms with Crippen molar-refractivity contribution >= 4 is 17.6 Å². The molecule has 8 nitrogen and oxygen atoms in total. The first-order chi connectivity index (χ1) is 9.95. The zero-order valence-corrected chi connectivity index (χ0v) is 11.4. The van der Waals surface area contributed by atoms with E-state index in [0.29, 0.717) is 17.8 Å². The molecule has 1 aromatic heterocycles. The van der Waals surface area contributed by atoms with Gasteiger partial charge in [-0.25, -0.2) is 4.68 Å². The highest BCUT2D eigenvalue weighted by Crippen LogP contribution is 2.15. The number of carboxylic acids is 1. The number of anilines is 1. The molecule has 0 saturated heterocycles. The summed E-state index contributed by atoms with van der Waals surface area (Å²) in [7, 11) is 0. The van der Waals surface area contributed by atoms with Gasteiger partial charge in [0.1, 0.15) is 12.2 Å². The fourth-order valence-corrected chi connectivity index (χ4v) is 1.88. The van der Waals surface area contributed by atoms with Crippen molar-refractivity contribution in [2.45, 2.75) is 20.0 Å². The second-order valence-corrected chi connectivity index (χ2v) is 4.55. The Morgan fingerprint density at radius 3 is 2.81 bits per heavy atom. The van der Waals surface area contributed by atoms with Gasteiger partial charge in [-0.3, -0.25) is 9.59 Å². The maximum absolute atomic E-state index is 11.1. The Morgan fingerprint density at radius 1 is 1.43 bits per heavy atom. The van der Waals surface area contributed by atoms with Gasteiger partial charge >= 0.3 is 5.97 Å². The van der Waals surface area contributed by atoms with E-state index in [0.717, 1.165) is 11.3 Å². The van der Waals surface area contributed by atoms with Gasteiger partial charge in [-0.1, -0.05) is 5.21 Å². The summed E-state index contributed by atoms with van der Waals surface area (Å²) in [5, 5.41) is 19.3. The lowest BCUT2D eigenvalue weighted by molar-refractivity contribution is -0.137. The molecule has 1 aromatic carbocycles. The van der Waals surface area contributed by atoms with Crippen LogP contribution in [0.5, 0.6) is 0 Å². The predicted octanol–water partition coefficient (Wildman–Crippen LogP) is 0.382. The molecule has 0 aliphatic heterocycles. The van der Waals surface area contributed by atoms with Crippen LogP contribution >= 0.6 is 0 Å². The number of carbonyl (C=O) groups excluding carboxylic acids is 1. The summed E-state index contributed by atoms with van der Waals surface area (Å²) in [6.45, 7) is 1.98. The summed E-state index contributed by atoms with van der Waals surface area (Å²) < 4.78 is 1.25. The number of rotatable bonds is 6. The number of hydrogen-bond donors (Lipinski definition) is 3. The topological polar surface area (TPSA) is 123 Å². The van der Waals surface area contributed by atoms with E-state index in [1.165, 1.54) is 4.68 Å². The highest BCUT2D eigenvalue weighted by molar-refractivity contribution is 5.94. The van der Waals surface area contributed by atoms with Gasteiger partial charge in [0.25, 0.3) is 0 Å². The zero-order valence-electron chi connectivity index (χ0n) is 11.4. The van der Waals surface area contributed by atoms with Crippen molar-refractivity contribution in [3.63, 3.8) is 0 Å². The summed E-state index contributed by atoms with van der Waals surface area (Å²) in [5.74, 6) is -1.44. The van der Waals surface area contributed by atoms with Gasteiger partial charge in [0, 0.05) is 11.3 Å². The molecule has 0 aliphatic rings. The van der Waals surface area contributed by atoms with Crippen LogP contribution in [-0.2, 0) is 17.9 Å². The first-order valence-electron chi connectivity index (χ1n) is 6.21. The Morgan fingerprint density at radius 2 is 2.19 bits per heavy atom. The molecule has 0 bridgehead atoms. The van der Waals surface area contributed by atoms with Crippen molar-refractivity contribution in [1.82, 2.24) is 15.0 Å². The third-order valence-electron chi connectivity index (χ3n) is 2.85. The number of nitrogens with zero attached hydrogens (tertiary/aromatic N) is 3. The molecule has 0 atom stereocenters. The van der Waals surface area contributed by atoms with Crippen molar-refractivity contribution in [3.8, 4) is 0 Å². The number of benzene rings is 1. The maximum Gasteiger partial charge on any atom is 0.325 e. The minimum absolute atomic E-state index is 0.223. The molecule has 110 valence electrons. The van der Waals surface area contributed by atoms with Crippen LogP contribution in [0.1, 0.15) is 21.6 Å². The van der Waals surface area contributed by atoms with Crippen molar-refractivity contribution in [2.24, 2.45) is 5.73 Å². The first-order valence-corrected chi connectivity index (χ1v) is 6.21. The van der Waals surface area contributed by atoms with Crippen LogP contribution in [0.3, 0.4) is 0 Å². The molecule has 0 fully saturated rings. The summed E-state index contributed by atoms with van der Waals surface area (Å²) >= 11 is 0. The molecule has 2 aromatic rings. The number of nitrogens with one attached hydrogen (secondary N) is 1. The Balaban J connectivity index is 1.99. The van der Waals surface area contributed by atoms with Crippen molar-refractivity contribution in [1.29, 1.82) is 0 Å². The van der Waals surface area contributed by atoms with E-state index in [2.05, 4.69) is 15.6 Å². The number of aromatic nitrogens is 3. The molecular formula is C13H15N5O3. The molecule has 21 heavy (non-hydrogen) atoms. The normalized spacial score (nSPS) is 10.3. The maximum atomic E-state index is 11.1. The number of hydrogen-bond acceptors (Lipinski definition) is 5. The van der Waals surface area contributed by atoms with E-state index in [-0.39, 0.29) is 6.54 Å². The third-order valence-corrected chi connectivity index (χ3v) is 2.85. The number of aryl methyl sites for hydroxylation is 1. The fraction of sp³-hybridized carbons (Fsp3) is 0.231. The van der Waals surface area contributed by atoms with Crippen LogP contribution in [0.2, 0.25) is 0 Å². The summed E-state index contributed by atoms with van der Waals surface area (Å²) in [4.78, 5) is 21.7. The monoisotopic (exact) mass is 289 g/mol. The zero-order chi connectivity index (χ0) is 15.4. The lowest BCUT2D eigenvalue weighted by Crippen LogP contribution is -2.12. The number of primary amides is 1. The third kappa shape index (κ3) is 3.78. The number of amides is 1. The van der Waals surface area contributed by atoms with Crippen LogP contribution < -0.4 is 11.1 Å². The van der Waals surface area contributed by atoms with E-state index in [9.17, 15) is 9.59 Å². The molecule has 2 rings (SSSR count).